The number of nitrogens with zero attached hydrogens (tertiary/aromatic N) is 1. The van der Waals surface area contributed by atoms with Gasteiger partial charge in [0.05, 0.1) is 13.2 Å². The van der Waals surface area contributed by atoms with Crippen LogP contribution >= 0.6 is 0 Å². The molecule has 0 aliphatic carbocycles. The van der Waals surface area contributed by atoms with E-state index in [4.69, 9.17) is 9.84 Å². The zero-order valence-corrected chi connectivity index (χ0v) is 12.3. The van der Waals surface area contributed by atoms with E-state index >= 15 is 0 Å². The normalized spacial score (nSPS) is 16.5. The van der Waals surface area contributed by atoms with Crippen LogP contribution < -0.4 is 0 Å². The van der Waals surface area contributed by atoms with Gasteiger partial charge in [-0.15, -0.1) is 0 Å². The van der Waals surface area contributed by atoms with Crippen LogP contribution in [0.15, 0.2) is 42.5 Å². The van der Waals surface area contributed by atoms with E-state index in [1.165, 1.54) is 10.5 Å². The lowest BCUT2D eigenvalue weighted by Crippen LogP contribution is -2.36. The summed E-state index contributed by atoms with van der Waals surface area (Å²) in [7, 11) is 0. The Kier molecular flexibility index (Phi) is 6.28. The first-order valence-corrected chi connectivity index (χ1v) is 7.52. The van der Waals surface area contributed by atoms with Gasteiger partial charge in [0.2, 0.25) is 0 Å². The van der Waals surface area contributed by atoms with Crippen molar-refractivity contribution >= 4 is 6.09 Å². The van der Waals surface area contributed by atoms with E-state index in [1.807, 2.05) is 18.2 Å². The van der Waals surface area contributed by atoms with Crippen LogP contribution in [0.2, 0.25) is 0 Å². The highest BCUT2D eigenvalue weighted by Crippen LogP contribution is 2.18. The summed E-state index contributed by atoms with van der Waals surface area (Å²) < 4.78 is 5.62. The molecule has 1 fully saturated rings. The number of hydrogen-bond acceptors (Lipinski definition) is 2. The van der Waals surface area contributed by atoms with Gasteiger partial charge in [0, 0.05) is 13.1 Å². The quantitative estimate of drug-likeness (QED) is 0.643. The van der Waals surface area contributed by atoms with E-state index < -0.39 is 6.09 Å². The van der Waals surface area contributed by atoms with E-state index in [1.54, 1.807) is 0 Å². The third-order valence-electron chi connectivity index (χ3n) is 3.76. The third-order valence-corrected chi connectivity index (χ3v) is 3.76. The summed E-state index contributed by atoms with van der Waals surface area (Å²) in [6.45, 7) is 2.68. The van der Waals surface area contributed by atoms with Crippen molar-refractivity contribution in [2.45, 2.75) is 25.9 Å². The van der Waals surface area contributed by atoms with Crippen molar-refractivity contribution in [2.75, 3.05) is 19.7 Å². The Bertz CT molecular complexity index is 450. The summed E-state index contributed by atoms with van der Waals surface area (Å²) in [5, 5.41) is 8.88. The molecule has 21 heavy (non-hydrogen) atoms. The van der Waals surface area contributed by atoms with Crippen LogP contribution in [0.3, 0.4) is 0 Å². The number of likely N-dealkylation sites (tertiary alicyclic amines) is 1. The average molecular weight is 289 g/mol. The van der Waals surface area contributed by atoms with E-state index in [9.17, 15) is 4.79 Å². The Morgan fingerprint density at radius 3 is 2.67 bits per heavy atom. The van der Waals surface area contributed by atoms with Gasteiger partial charge in [-0.1, -0.05) is 42.5 Å². The maximum absolute atomic E-state index is 10.8. The van der Waals surface area contributed by atoms with Gasteiger partial charge in [-0.25, -0.2) is 4.79 Å². The molecule has 0 unspecified atom stereocenters. The number of benzene rings is 1. The van der Waals surface area contributed by atoms with Crippen molar-refractivity contribution in [2.24, 2.45) is 5.92 Å². The lowest BCUT2D eigenvalue weighted by atomic mass is 9.96. The van der Waals surface area contributed by atoms with Gasteiger partial charge in [-0.3, -0.25) is 0 Å². The molecule has 0 atom stereocenters. The SMILES string of the molecule is O=C(O)N1CCC(/C=C\CCOCc2ccccc2)CC1. The van der Waals surface area contributed by atoms with Crippen LogP contribution in [-0.2, 0) is 11.3 Å². The van der Waals surface area contributed by atoms with E-state index in [-0.39, 0.29) is 0 Å². The maximum Gasteiger partial charge on any atom is 0.407 e. The fraction of sp³-hybridized carbons (Fsp3) is 0.471. The Hall–Kier alpha value is -1.81. The second-order valence-electron chi connectivity index (χ2n) is 5.36. The van der Waals surface area contributed by atoms with Gasteiger partial charge in [0.1, 0.15) is 0 Å². The molecule has 0 bridgehead atoms. The van der Waals surface area contributed by atoms with Crippen molar-refractivity contribution in [3.8, 4) is 0 Å². The van der Waals surface area contributed by atoms with Crippen molar-refractivity contribution in [3.63, 3.8) is 0 Å². The maximum atomic E-state index is 10.8. The van der Waals surface area contributed by atoms with Crippen molar-refractivity contribution in [1.29, 1.82) is 0 Å². The minimum Gasteiger partial charge on any atom is -0.465 e. The minimum absolute atomic E-state index is 0.509. The Labute approximate surface area is 126 Å². The molecule has 1 aromatic rings. The summed E-state index contributed by atoms with van der Waals surface area (Å²) in [5.41, 5.74) is 1.20. The molecular formula is C17H23NO3. The average Bonchev–Trinajstić information content (AvgIpc) is 2.52. The summed E-state index contributed by atoms with van der Waals surface area (Å²) in [5.74, 6) is 0.509. The molecule has 4 heteroatoms. The number of ether oxygens (including phenoxy) is 1. The lowest BCUT2D eigenvalue weighted by molar-refractivity contribution is 0.125. The predicted molar refractivity (Wildman–Crippen MR) is 82.2 cm³/mol. The number of carboxylic acid groups (broad SMARTS) is 1. The van der Waals surface area contributed by atoms with E-state index in [2.05, 4.69) is 24.3 Å². The zero-order valence-electron chi connectivity index (χ0n) is 12.3. The molecule has 1 aromatic carbocycles. The number of allylic oxidation sites excluding steroid dienone is 1. The van der Waals surface area contributed by atoms with Crippen LogP contribution in [0.4, 0.5) is 4.79 Å². The summed E-state index contributed by atoms with van der Waals surface area (Å²) in [4.78, 5) is 12.3. The molecule has 4 nitrogen and oxygen atoms in total. The highest BCUT2D eigenvalue weighted by Gasteiger charge is 2.20. The second kappa shape index (κ2) is 8.47. The first kappa shape index (κ1) is 15.6. The smallest absolute Gasteiger partial charge is 0.407 e. The first-order chi connectivity index (χ1) is 10.3. The molecular weight excluding hydrogens is 266 g/mol. The van der Waals surface area contributed by atoms with Gasteiger partial charge in [0.15, 0.2) is 0 Å². The van der Waals surface area contributed by atoms with Gasteiger partial charge in [0.25, 0.3) is 0 Å². The van der Waals surface area contributed by atoms with Gasteiger partial charge < -0.3 is 14.7 Å². The second-order valence-corrected chi connectivity index (χ2v) is 5.36. The van der Waals surface area contributed by atoms with Crippen LogP contribution in [0.25, 0.3) is 0 Å². The molecule has 0 spiro atoms. The summed E-state index contributed by atoms with van der Waals surface area (Å²) in [6, 6.07) is 10.2. The standard InChI is InChI=1S/C17H23NO3/c19-17(20)18-11-9-15(10-12-18)6-4-5-13-21-14-16-7-2-1-3-8-16/h1-4,6-8,15H,5,9-14H2,(H,19,20)/b6-4-. The Morgan fingerprint density at radius 1 is 1.29 bits per heavy atom. The van der Waals surface area contributed by atoms with Gasteiger partial charge in [-0.05, 0) is 30.7 Å². The number of carbonyl (C=O) groups is 1. The summed E-state index contributed by atoms with van der Waals surface area (Å²) >= 11 is 0. The molecule has 0 radical (unpaired) electrons. The number of hydrogen-bond donors (Lipinski definition) is 1. The molecule has 1 N–H and O–H groups in total. The zero-order chi connectivity index (χ0) is 14.9. The fourth-order valence-corrected chi connectivity index (χ4v) is 2.49. The molecule has 0 aromatic heterocycles. The van der Waals surface area contributed by atoms with Crippen LogP contribution in [0.1, 0.15) is 24.8 Å². The van der Waals surface area contributed by atoms with Crippen LogP contribution in [0.5, 0.6) is 0 Å². The van der Waals surface area contributed by atoms with Crippen molar-refractivity contribution in [1.82, 2.24) is 4.90 Å². The topological polar surface area (TPSA) is 49.8 Å². The molecule has 0 saturated carbocycles. The molecule has 1 aliphatic heterocycles. The highest BCUT2D eigenvalue weighted by atomic mass is 16.5. The monoisotopic (exact) mass is 289 g/mol. The Morgan fingerprint density at radius 2 is 2.00 bits per heavy atom. The van der Waals surface area contributed by atoms with Crippen molar-refractivity contribution < 1.29 is 14.6 Å². The number of piperidine rings is 1. The highest BCUT2D eigenvalue weighted by molar-refractivity contribution is 5.65. The third kappa shape index (κ3) is 5.60. The molecule has 2 rings (SSSR count). The van der Waals surface area contributed by atoms with Gasteiger partial charge in [-0.2, -0.15) is 0 Å². The van der Waals surface area contributed by atoms with E-state index in [0.29, 0.717) is 25.6 Å². The Balaban J connectivity index is 1.56. The molecule has 1 saturated heterocycles. The molecule has 1 amide bonds. The number of rotatable bonds is 6. The molecule has 114 valence electrons. The van der Waals surface area contributed by atoms with Gasteiger partial charge >= 0.3 is 6.09 Å². The van der Waals surface area contributed by atoms with E-state index in [0.717, 1.165) is 25.9 Å². The summed E-state index contributed by atoms with van der Waals surface area (Å²) in [6.07, 6.45) is 6.33. The fourth-order valence-electron chi connectivity index (χ4n) is 2.49. The minimum atomic E-state index is -0.799. The number of amides is 1. The lowest BCUT2D eigenvalue weighted by Gasteiger charge is -2.28. The largest absolute Gasteiger partial charge is 0.465 e. The van der Waals surface area contributed by atoms with Crippen LogP contribution in [0, 0.1) is 5.92 Å². The van der Waals surface area contributed by atoms with Crippen LogP contribution in [-0.4, -0.2) is 35.8 Å². The first-order valence-electron chi connectivity index (χ1n) is 7.52. The predicted octanol–water partition coefficient (Wildman–Crippen LogP) is 3.54. The van der Waals surface area contributed by atoms with Crippen molar-refractivity contribution in [3.05, 3.63) is 48.0 Å². The molecule has 1 aliphatic rings. The molecule has 1 heterocycles.